The van der Waals surface area contributed by atoms with Crippen molar-refractivity contribution in [2.75, 3.05) is 13.2 Å². The monoisotopic (exact) mass is 331 g/mol. The zero-order valence-electron chi connectivity index (χ0n) is 13.7. The first-order valence-electron chi connectivity index (χ1n) is 7.69. The SMILES string of the molecule is CCC(=O)c1ccc(OCC(=O)NCC(O)c2nccn2C)cc1. The van der Waals surface area contributed by atoms with Gasteiger partial charge in [0.05, 0.1) is 6.54 Å². The first-order chi connectivity index (χ1) is 11.5. The Morgan fingerprint density at radius 1 is 1.33 bits per heavy atom. The summed E-state index contributed by atoms with van der Waals surface area (Å²) in [5.41, 5.74) is 0.618. The van der Waals surface area contributed by atoms with Crippen molar-refractivity contribution < 1.29 is 19.4 Å². The number of Topliss-reactive ketones (excluding diaryl/α,β-unsaturated/α-hetero) is 1. The number of nitrogens with zero attached hydrogens (tertiary/aromatic N) is 2. The van der Waals surface area contributed by atoms with Crippen LogP contribution in [0.3, 0.4) is 0 Å². The summed E-state index contributed by atoms with van der Waals surface area (Å²) < 4.78 is 7.04. The summed E-state index contributed by atoms with van der Waals surface area (Å²) in [6.45, 7) is 1.68. The van der Waals surface area contributed by atoms with Crippen LogP contribution in [-0.4, -0.2) is 39.5 Å². The van der Waals surface area contributed by atoms with E-state index in [9.17, 15) is 14.7 Å². The number of aromatic nitrogens is 2. The summed E-state index contributed by atoms with van der Waals surface area (Å²) >= 11 is 0. The molecule has 0 bridgehead atoms. The van der Waals surface area contributed by atoms with E-state index in [2.05, 4.69) is 10.3 Å². The predicted molar refractivity (Wildman–Crippen MR) is 87.7 cm³/mol. The van der Waals surface area contributed by atoms with Gasteiger partial charge in [0.15, 0.2) is 12.4 Å². The van der Waals surface area contributed by atoms with E-state index in [1.165, 1.54) is 0 Å². The molecule has 7 heteroatoms. The second-order valence-electron chi connectivity index (χ2n) is 5.31. The number of rotatable bonds is 8. The lowest BCUT2D eigenvalue weighted by Gasteiger charge is -2.12. The molecule has 0 saturated heterocycles. The molecule has 128 valence electrons. The number of imidazole rings is 1. The lowest BCUT2D eigenvalue weighted by atomic mass is 10.1. The fourth-order valence-corrected chi connectivity index (χ4v) is 2.14. The summed E-state index contributed by atoms with van der Waals surface area (Å²) in [6.07, 6.45) is 2.86. The average molecular weight is 331 g/mol. The molecule has 24 heavy (non-hydrogen) atoms. The van der Waals surface area contributed by atoms with E-state index in [-0.39, 0.29) is 24.8 Å². The standard InChI is InChI=1S/C17H21N3O4/c1-3-14(21)12-4-6-13(7-5-12)24-11-16(23)19-10-15(22)17-18-8-9-20(17)2/h4-9,15,22H,3,10-11H2,1-2H3,(H,19,23). The summed E-state index contributed by atoms with van der Waals surface area (Å²) in [6, 6.07) is 6.64. The topological polar surface area (TPSA) is 93.5 Å². The van der Waals surface area contributed by atoms with Crippen LogP contribution in [0.4, 0.5) is 0 Å². The van der Waals surface area contributed by atoms with Crippen LogP contribution in [0.2, 0.25) is 0 Å². The summed E-state index contributed by atoms with van der Waals surface area (Å²) in [4.78, 5) is 27.3. The molecule has 0 aliphatic rings. The van der Waals surface area contributed by atoms with E-state index in [0.29, 0.717) is 23.6 Å². The van der Waals surface area contributed by atoms with Crippen LogP contribution >= 0.6 is 0 Å². The zero-order chi connectivity index (χ0) is 17.5. The van der Waals surface area contributed by atoms with E-state index in [1.54, 1.807) is 55.2 Å². The molecule has 2 rings (SSSR count). The highest BCUT2D eigenvalue weighted by Gasteiger charge is 2.13. The number of hydrogen-bond acceptors (Lipinski definition) is 5. The van der Waals surface area contributed by atoms with Crippen molar-refractivity contribution in [2.45, 2.75) is 19.4 Å². The summed E-state index contributed by atoms with van der Waals surface area (Å²) in [5.74, 6) is 0.689. The first kappa shape index (κ1) is 17.7. The molecule has 0 aliphatic heterocycles. The van der Waals surface area contributed by atoms with Gasteiger partial charge >= 0.3 is 0 Å². The van der Waals surface area contributed by atoms with Crippen molar-refractivity contribution >= 4 is 11.7 Å². The minimum atomic E-state index is -0.881. The first-order valence-corrected chi connectivity index (χ1v) is 7.69. The summed E-state index contributed by atoms with van der Waals surface area (Å²) in [7, 11) is 1.77. The van der Waals surface area contributed by atoms with Gasteiger partial charge in [-0.1, -0.05) is 6.92 Å². The number of ether oxygens (including phenoxy) is 1. The van der Waals surface area contributed by atoms with Gasteiger partial charge in [-0.15, -0.1) is 0 Å². The molecule has 1 unspecified atom stereocenters. The van der Waals surface area contributed by atoms with E-state index in [1.807, 2.05) is 0 Å². The van der Waals surface area contributed by atoms with Crippen LogP contribution in [0.15, 0.2) is 36.7 Å². The minimum Gasteiger partial charge on any atom is -0.484 e. The Morgan fingerprint density at radius 2 is 2.04 bits per heavy atom. The Bertz CT molecular complexity index is 694. The maximum absolute atomic E-state index is 11.8. The van der Waals surface area contributed by atoms with E-state index < -0.39 is 6.10 Å². The molecule has 7 nitrogen and oxygen atoms in total. The normalized spacial score (nSPS) is 11.8. The van der Waals surface area contributed by atoms with Crippen LogP contribution in [-0.2, 0) is 11.8 Å². The maximum Gasteiger partial charge on any atom is 0.258 e. The molecule has 0 fully saturated rings. The van der Waals surface area contributed by atoms with Crippen LogP contribution in [0.25, 0.3) is 0 Å². The molecule has 2 aromatic rings. The van der Waals surface area contributed by atoms with Gasteiger partial charge in [0.1, 0.15) is 17.7 Å². The molecule has 0 spiro atoms. The van der Waals surface area contributed by atoms with Gasteiger partial charge in [0, 0.05) is 31.4 Å². The molecular formula is C17H21N3O4. The van der Waals surface area contributed by atoms with Crippen LogP contribution in [0.1, 0.15) is 35.6 Å². The second kappa shape index (κ2) is 8.26. The Hall–Kier alpha value is -2.67. The molecule has 1 aromatic carbocycles. The molecule has 2 N–H and O–H groups in total. The number of aryl methyl sites for hydroxylation is 1. The van der Waals surface area contributed by atoms with Crippen molar-refractivity contribution in [1.82, 2.24) is 14.9 Å². The lowest BCUT2D eigenvalue weighted by Crippen LogP contribution is -2.33. The van der Waals surface area contributed by atoms with Gasteiger partial charge in [-0.25, -0.2) is 4.98 Å². The molecular weight excluding hydrogens is 310 g/mol. The largest absolute Gasteiger partial charge is 0.484 e. The van der Waals surface area contributed by atoms with Crippen LogP contribution in [0, 0.1) is 0 Å². The number of amides is 1. The predicted octanol–water partition coefficient (Wildman–Crippen LogP) is 1.24. The number of ketones is 1. The van der Waals surface area contributed by atoms with Crippen LogP contribution < -0.4 is 10.1 Å². The number of carbonyl (C=O) groups excluding carboxylic acids is 2. The zero-order valence-corrected chi connectivity index (χ0v) is 13.7. The van der Waals surface area contributed by atoms with Crippen molar-refractivity contribution in [2.24, 2.45) is 7.05 Å². The highest BCUT2D eigenvalue weighted by Crippen LogP contribution is 2.13. The molecule has 1 aromatic heterocycles. The molecule has 1 amide bonds. The highest BCUT2D eigenvalue weighted by atomic mass is 16.5. The van der Waals surface area contributed by atoms with Gasteiger partial charge in [-0.05, 0) is 24.3 Å². The van der Waals surface area contributed by atoms with Gasteiger partial charge in [-0.2, -0.15) is 0 Å². The van der Waals surface area contributed by atoms with Crippen LogP contribution in [0.5, 0.6) is 5.75 Å². The van der Waals surface area contributed by atoms with E-state index in [4.69, 9.17) is 4.74 Å². The smallest absolute Gasteiger partial charge is 0.258 e. The van der Waals surface area contributed by atoms with Gasteiger partial charge in [0.2, 0.25) is 0 Å². The molecule has 1 heterocycles. The number of benzene rings is 1. The third kappa shape index (κ3) is 4.66. The second-order valence-corrected chi connectivity index (χ2v) is 5.31. The Labute approximate surface area is 140 Å². The number of carbonyl (C=O) groups is 2. The molecule has 0 aliphatic carbocycles. The fraction of sp³-hybridized carbons (Fsp3) is 0.353. The Morgan fingerprint density at radius 3 is 2.62 bits per heavy atom. The lowest BCUT2D eigenvalue weighted by molar-refractivity contribution is -0.123. The van der Waals surface area contributed by atoms with E-state index >= 15 is 0 Å². The third-order valence-corrected chi connectivity index (χ3v) is 3.52. The van der Waals surface area contributed by atoms with Gasteiger partial charge in [-0.3, -0.25) is 9.59 Å². The van der Waals surface area contributed by atoms with Crippen molar-refractivity contribution in [3.05, 3.63) is 48.0 Å². The highest BCUT2D eigenvalue weighted by molar-refractivity contribution is 5.95. The van der Waals surface area contributed by atoms with Gasteiger partial charge < -0.3 is 19.7 Å². The molecule has 0 saturated carbocycles. The van der Waals surface area contributed by atoms with Gasteiger partial charge in [0.25, 0.3) is 5.91 Å². The van der Waals surface area contributed by atoms with Crippen molar-refractivity contribution in [3.63, 3.8) is 0 Å². The Balaban J connectivity index is 1.77. The number of aliphatic hydroxyl groups is 1. The third-order valence-electron chi connectivity index (χ3n) is 3.52. The van der Waals surface area contributed by atoms with Crippen molar-refractivity contribution in [3.8, 4) is 5.75 Å². The van der Waals surface area contributed by atoms with E-state index in [0.717, 1.165) is 0 Å². The molecule has 0 radical (unpaired) electrons. The quantitative estimate of drug-likeness (QED) is 0.710. The summed E-state index contributed by atoms with van der Waals surface area (Å²) in [5, 5.41) is 12.5. The number of nitrogens with one attached hydrogen (secondary N) is 1. The minimum absolute atomic E-state index is 0.0526. The fourth-order valence-electron chi connectivity index (χ4n) is 2.14. The van der Waals surface area contributed by atoms with Crippen molar-refractivity contribution in [1.29, 1.82) is 0 Å². The number of aliphatic hydroxyl groups excluding tert-OH is 1. The number of hydrogen-bond donors (Lipinski definition) is 2. The maximum atomic E-state index is 11.8. The average Bonchev–Trinajstić information content (AvgIpc) is 3.03. The Kier molecular flexibility index (Phi) is 6.08. The molecule has 1 atom stereocenters.